The highest BCUT2D eigenvalue weighted by atomic mass is 127. The van der Waals surface area contributed by atoms with Crippen LogP contribution in [-0.2, 0) is 0 Å². The molecule has 2 aromatic rings. The van der Waals surface area contributed by atoms with E-state index in [-0.39, 0.29) is 5.56 Å². The zero-order chi connectivity index (χ0) is 15.7. The Kier molecular flexibility index (Phi) is 4.68. The molecule has 0 aromatic heterocycles. The predicted octanol–water partition coefficient (Wildman–Crippen LogP) is 4.00. The van der Waals surface area contributed by atoms with E-state index in [0.29, 0.717) is 0 Å². The topological polar surface area (TPSA) is 57.5 Å². The van der Waals surface area contributed by atoms with Crippen LogP contribution < -0.4 is 0 Å². The van der Waals surface area contributed by atoms with Crippen molar-refractivity contribution < 1.29 is 15.0 Å². The summed E-state index contributed by atoms with van der Waals surface area (Å²) in [6, 6.07) is 9.16. The predicted molar refractivity (Wildman–Crippen MR) is 90.8 cm³/mol. The van der Waals surface area contributed by atoms with Crippen LogP contribution in [-0.4, -0.2) is 16.2 Å². The summed E-state index contributed by atoms with van der Waals surface area (Å²) in [6.07, 6.45) is -0.748. The van der Waals surface area contributed by atoms with Crippen LogP contribution >= 0.6 is 22.6 Å². The Balaban J connectivity index is 2.56. The van der Waals surface area contributed by atoms with Crippen molar-refractivity contribution in [1.82, 2.24) is 0 Å². The first-order valence-corrected chi connectivity index (χ1v) is 7.67. The van der Waals surface area contributed by atoms with E-state index in [1.165, 1.54) is 0 Å². The summed E-state index contributed by atoms with van der Waals surface area (Å²) in [5.41, 5.74) is 4.49. The third kappa shape index (κ3) is 3.27. The zero-order valence-corrected chi connectivity index (χ0v) is 14.3. The van der Waals surface area contributed by atoms with Crippen LogP contribution in [0.4, 0.5) is 0 Å². The second kappa shape index (κ2) is 6.15. The summed E-state index contributed by atoms with van der Waals surface area (Å²) >= 11 is 2.22. The molecular formula is C17H17IO3. The van der Waals surface area contributed by atoms with Crippen LogP contribution in [0.25, 0.3) is 0 Å². The first-order chi connectivity index (χ1) is 9.81. The number of hydrogen-bond acceptors (Lipinski definition) is 2. The molecule has 0 amide bonds. The summed E-state index contributed by atoms with van der Waals surface area (Å²) < 4.78 is 1.06. The van der Waals surface area contributed by atoms with Crippen LogP contribution in [0.3, 0.4) is 0 Å². The number of rotatable bonds is 3. The van der Waals surface area contributed by atoms with E-state index in [2.05, 4.69) is 22.6 Å². The van der Waals surface area contributed by atoms with Gasteiger partial charge >= 0.3 is 5.97 Å². The van der Waals surface area contributed by atoms with Crippen LogP contribution in [0.5, 0.6) is 0 Å². The van der Waals surface area contributed by atoms with E-state index >= 15 is 0 Å². The Labute approximate surface area is 137 Å². The molecule has 0 aliphatic heterocycles. The van der Waals surface area contributed by atoms with Crippen LogP contribution in [0.2, 0.25) is 0 Å². The Morgan fingerprint density at radius 3 is 2.14 bits per heavy atom. The number of aryl methyl sites for hydroxylation is 3. The number of benzene rings is 2. The minimum atomic E-state index is -0.951. The van der Waals surface area contributed by atoms with Crippen molar-refractivity contribution in [3.8, 4) is 0 Å². The second-order valence-corrected chi connectivity index (χ2v) is 6.48. The molecule has 0 heterocycles. The van der Waals surface area contributed by atoms with E-state index in [1.807, 2.05) is 39.0 Å². The van der Waals surface area contributed by atoms with Crippen LogP contribution in [0.1, 0.15) is 44.3 Å². The van der Waals surface area contributed by atoms with Gasteiger partial charge in [-0.05, 0) is 95.4 Å². The standard InChI is InChI=1S/C17H17IO3/c1-9-4-5-13(18)8-14(9)16(19)15-10(2)6-12(17(20)21)7-11(15)3/h4-8,16,19H,1-3H3,(H,20,21). The van der Waals surface area contributed by atoms with Gasteiger partial charge in [-0.15, -0.1) is 0 Å². The lowest BCUT2D eigenvalue weighted by atomic mass is 9.90. The number of hydrogen-bond donors (Lipinski definition) is 2. The van der Waals surface area contributed by atoms with Crippen LogP contribution in [0.15, 0.2) is 30.3 Å². The Morgan fingerprint density at radius 2 is 1.62 bits per heavy atom. The molecule has 3 nitrogen and oxygen atoms in total. The van der Waals surface area contributed by atoms with E-state index in [1.54, 1.807) is 12.1 Å². The average molecular weight is 396 g/mol. The highest BCUT2D eigenvalue weighted by molar-refractivity contribution is 14.1. The molecule has 0 saturated carbocycles. The normalized spacial score (nSPS) is 12.2. The number of aliphatic hydroxyl groups excluding tert-OH is 1. The first-order valence-electron chi connectivity index (χ1n) is 6.59. The van der Waals surface area contributed by atoms with Gasteiger partial charge in [0.2, 0.25) is 0 Å². The van der Waals surface area contributed by atoms with Gasteiger partial charge in [0.05, 0.1) is 5.56 Å². The van der Waals surface area contributed by atoms with Gasteiger partial charge in [-0.1, -0.05) is 6.07 Å². The summed E-state index contributed by atoms with van der Waals surface area (Å²) in [7, 11) is 0. The van der Waals surface area contributed by atoms with Gasteiger partial charge in [0, 0.05) is 3.57 Å². The van der Waals surface area contributed by atoms with Crippen molar-refractivity contribution in [3.05, 3.63) is 67.3 Å². The maximum absolute atomic E-state index is 11.1. The molecule has 0 fully saturated rings. The molecule has 0 radical (unpaired) electrons. The van der Waals surface area contributed by atoms with Gasteiger partial charge in [0.1, 0.15) is 6.10 Å². The minimum absolute atomic E-state index is 0.250. The lowest BCUT2D eigenvalue weighted by Crippen LogP contribution is -2.09. The number of carboxylic acid groups (broad SMARTS) is 1. The van der Waals surface area contributed by atoms with Crippen molar-refractivity contribution in [2.45, 2.75) is 26.9 Å². The molecule has 4 heteroatoms. The fourth-order valence-corrected chi connectivity index (χ4v) is 3.11. The molecule has 1 unspecified atom stereocenters. The number of aliphatic hydroxyl groups is 1. The molecule has 1 atom stereocenters. The molecule has 21 heavy (non-hydrogen) atoms. The molecule has 110 valence electrons. The summed E-state index contributed by atoms with van der Waals surface area (Å²) in [5, 5.41) is 19.8. The Hall–Kier alpha value is -1.40. The fourth-order valence-electron chi connectivity index (χ4n) is 2.59. The summed E-state index contributed by atoms with van der Waals surface area (Å²) in [6.45, 7) is 5.63. The SMILES string of the molecule is Cc1ccc(I)cc1C(O)c1c(C)cc(C(=O)O)cc1C. The first kappa shape index (κ1) is 16.0. The average Bonchev–Trinajstić information content (AvgIpc) is 2.40. The van der Waals surface area contributed by atoms with Crippen molar-refractivity contribution in [3.63, 3.8) is 0 Å². The number of carboxylic acids is 1. The highest BCUT2D eigenvalue weighted by Gasteiger charge is 2.19. The molecule has 2 aromatic carbocycles. The number of aromatic carboxylic acids is 1. The van der Waals surface area contributed by atoms with Crippen molar-refractivity contribution in [2.24, 2.45) is 0 Å². The van der Waals surface area contributed by atoms with Gasteiger partial charge in [-0.25, -0.2) is 4.79 Å². The maximum atomic E-state index is 11.1. The molecule has 2 N–H and O–H groups in total. The smallest absolute Gasteiger partial charge is 0.335 e. The number of halogens is 1. The molecular weight excluding hydrogens is 379 g/mol. The monoisotopic (exact) mass is 396 g/mol. The van der Waals surface area contributed by atoms with E-state index < -0.39 is 12.1 Å². The molecule has 0 spiro atoms. The highest BCUT2D eigenvalue weighted by Crippen LogP contribution is 2.31. The summed E-state index contributed by atoms with van der Waals surface area (Å²) in [5.74, 6) is -0.951. The van der Waals surface area contributed by atoms with Crippen LogP contribution in [0, 0.1) is 24.3 Å². The van der Waals surface area contributed by atoms with E-state index in [9.17, 15) is 9.90 Å². The lowest BCUT2D eigenvalue weighted by molar-refractivity contribution is 0.0696. The lowest BCUT2D eigenvalue weighted by Gasteiger charge is -2.19. The van der Waals surface area contributed by atoms with Gasteiger partial charge in [0.25, 0.3) is 0 Å². The molecule has 2 rings (SSSR count). The van der Waals surface area contributed by atoms with Crippen molar-refractivity contribution in [1.29, 1.82) is 0 Å². The minimum Gasteiger partial charge on any atom is -0.478 e. The zero-order valence-electron chi connectivity index (χ0n) is 12.1. The summed E-state index contributed by atoms with van der Waals surface area (Å²) in [4.78, 5) is 11.1. The van der Waals surface area contributed by atoms with E-state index in [0.717, 1.165) is 31.4 Å². The van der Waals surface area contributed by atoms with Gasteiger partial charge in [-0.2, -0.15) is 0 Å². The fraction of sp³-hybridized carbons (Fsp3) is 0.235. The molecule has 0 aliphatic carbocycles. The third-order valence-corrected chi connectivity index (χ3v) is 4.32. The molecule has 0 aliphatic rings. The largest absolute Gasteiger partial charge is 0.478 e. The van der Waals surface area contributed by atoms with Crippen molar-refractivity contribution >= 4 is 28.6 Å². The second-order valence-electron chi connectivity index (χ2n) is 5.23. The molecule has 0 saturated heterocycles. The quantitative estimate of drug-likeness (QED) is 0.772. The third-order valence-electron chi connectivity index (χ3n) is 3.65. The maximum Gasteiger partial charge on any atom is 0.335 e. The van der Waals surface area contributed by atoms with Gasteiger partial charge in [0.15, 0.2) is 0 Å². The van der Waals surface area contributed by atoms with Gasteiger partial charge < -0.3 is 10.2 Å². The molecule has 0 bridgehead atoms. The number of carbonyl (C=O) groups is 1. The Bertz CT molecular complexity index is 684. The van der Waals surface area contributed by atoms with Crippen molar-refractivity contribution in [2.75, 3.05) is 0 Å². The van der Waals surface area contributed by atoms with E-state index in [4.69, 9.17) is 5.11 Å². The van der Waals surface area contributed by atoms with Gasteiger partial charge in [-0.3, -0.25) is 0 Å². The Morgan fingerprint density at radius 1 is 1.05 bits per heavy atom.